The molecule has 1 heterocycles. The third-order valence-corrected chi connectivity index (χ3v) is 1.97. The average Bonchev–Trinajstić information content (AvgIpc) is 2.16. The van der Waals surface area contributed by atoms with E-state index in [9.17, 15) is 4.79 Å². The minimum absolute atomic E-state index is 0.136. The molecule has 0 saturated carbocycles. The van der Waals surface area contributed by atoms with E-state index in [0.29, 0.717) is 11.3 Å². The van der Waals surface area contributed by atoms with Crippen molar-refractivity contribution in [1.82, 2.24) is 4.98 Å². The summed E-state index contributed by atoms with van der Waals surface area (Å²) in [6, 6.07) is 1.60. The molecular formula is C11H12N2O. The van der Waals surface area contributed by atoms with E-state index in [1.165, 1.54) is 6.20 Å². The highest BCUT2D eigenvalue weighted by Crippen LogP contribution is 2.21. The lowest BCUT2D eigenvalue weighted by Gasteiger charge is -2.11. The van der Waals surface area contributed by atoms with E-state index in [1.807, 2.05) is 13.8 Å². The SMILES string of the molecule is C#Cc1nccc(C(N)=O)c1C(C)C. The number of primary amides is 1. The Morgan fingerprint density at radius 1 is 1.64 bits per heavy atom. The molecule has 1 aromatic heterocycles. The van der Waals surface area contributed by atoms with Gasteiger partial charge in [0.15, 0.2) is 0 Å². The predicted molar refractivity (Wildman–Crippen MR) is 54.8 cm³/mol. The van der Waals surface area contributed by atoms with Crippen LogP contribution in [0.25, 0.3) is 0 Å². The van der Waals surface area contributed by atoms with Gasteiger partial charge >= 0.3 is 0 Å². The fraction of sp³-hybridized carbons (Fsp3) is 0.273. The van der Waals surface area contributed by atoms with Crippen LogP contribution in [0.3, 0.4) is 0 Å². The molecule has 3 nitrogen and oxygen atoms in total. The Morgan fingerprint density at radius 2 is 2.29 bits per heavy atom. The summed E-state index contributed by atoms with van der Waals surface area (Å²) >= 11 is 0. The maximum atomic E-state index is 11.1. The lowest BCUT2D eigenvalue weighted by molar-refractivity contribution is 0.0999. The van der Waals surface area contributed by atoms with Gasteiger partial charge in [0.05, 0.1) is 0 Å². The van der Waals surface area contributed by atoms with Crippen LogP contribution >= 0.6 is 0 Å². The first-order valence-electron chi connectivity index (χ1n) is 4.33. The van der Waals surface area contributed by atoms with Gasteiger partial charge in [-0.3, -0.25) is 4.79 Å². The van der Waals surface area contributed by atoms with E-state index >= 15 is 0 Å². The Balaban J connectivity index is 3.45. The molecule has 0 radical (unpaired) electrons. The fourth-order valence-corrected chi connectivity index (χ4v) is 1.39. The molecule has 0 bridgehead atoms. The summed E-state index contributed by atoms with van der Waals surface area (Å²) in [6.07, 6.45) is 6.79. The van der Waals surface area contributed by atoms with Gasteiger partial charge in [-0.2, -0.15) is 0 Å². The molecule has 0 atom stereocenters. The van der Waals surface area contributed by atoms with Crippen LogP contribution in [0.5, 0.6) is 0 Å². The molecule has 1 amide bonds. The monoisotopic (exact) mass is 188 g/mol. The lowest BCUT2D eigenvalue weighted by Crippen LogP contribution is -2.16. The van der Waals surface area contributed by atoms with Crippen molar-refractivity contribution in [3.63, 3.8) is 0 Å². The first kappa shape index (κ1) is 10.3. The number of nitrogens with two attached hydrogens (primary N) is 1. The molecule has 1 rings (SSSR count). The molecule has 0 aromatic carbocycles. The highest BCUT2D eigenvalue weighted by molar-refractivity contribution is 5.94. The summed E-state index contributed by atoms with van der Waals surface area (Å²) in [5.74, 6) is 2.12. The van der Waals surface area contributed by atoms with Crippen LogP contribution in [0.4, 0.5) is 0 Å². The molecule has 0 aliphatic rings. The van der Waals surface area contributed by atoms with Crippen molar-refractivity contribution in [2.45, 2.75) is 19.8 Å². The first-order chi connectivity index (χ1) is 6.57. The number of amides is 1. The summed E-state index contributed by atoms with van der Waals surface area (Å²) < 4.78 is 0. The molecule has 72 valence electrons. The molecule has 0 aliphatic heterocycles. The molecule has 3 heteroatoms. The van der Waals surface area contributed by atoms with Gasteiger partial charge in [-0.05, 0) is 17.9 Å². The van der Waals surface area contributed by atoms with Crippen LogP contribution < -0.4 is 5.73 Å². The molecule has 0 aliphatic carbocycles. The van der Waals surface area contributed by atoms with E-state index in [4.69, 9.17) is 12.2 Å². The lowest BCUT2D eigenvalue weighted by atomic mass is 9.95. The average molecular weight is 188 g/mol. The van der Waals surface area contributed by atoms with Gasteiger partial charge in [0.1, 0.15) is 5.69 Å². The van der Waals surface area contributed by atoms with Crippen LogP contribution in [0.15, 0.2) is 12.3 Å². The Hall–Kier alpha value is -1.82. The summed E-state index contributed by atoms with van der Waals surface area (Å²) in [5.41, 5.74) is 6.95. The normalized spacial score (nSPS) is 9.86. The van der Waals surface area contributed by atoms with E-state index in [-0.39, 0.29) is 5.92 Å². The van der Waals surface area contributed by atoms with E-state index in [2.05, 4.69) is 10.9 Å². The molecule has 0 saturated heterocycles. The quantitative estimate of drug-likeness (QED) is 0.711. The molecule has 1 aromatic rings. The highest BCUT2D eigenvalue weighted by Gasteiger charge is 2.15. The first-order valence-corrected chi connectivity index (χ1v) is 4.33. The summed E-state index contributed by atoms with van der Waals surface area (Å²) in [6.45, 7) is 3.90. The number of carbonyl (C=O) groups excluding carboxylic acids is 1. The summed E-state index contributed by atoms with van der Waals surface area (Å²) in [5, 5.41) is 0. The van der Waals surface area contributed by atoms with Gasteiger partial charge in [0.2, 0.25) is 5.91 Å². The van der Waals surface area contributed by atoms with Crippen molar-refractivity contribution < 1.29 is 4.79 Å². The van der Waals surface area contributed by atoms with Crippen molar-refractivity contribution in [3.05, 3.63) is 29.1 Å². The number of rotatable bonds is 2. The maximum absolute atomic E-state index is 11.1. The van der Waals surface area contributed by atoms with Gasteiger partial charge < -0.3 is 5.73 Å². The maximum Gasteiger partial charge on any atom is 0.249 e. The number of nitrogens with zero attached hydrogens (tertiary/aromatic N) is 1. The standard InChI is InChI=1S/C11H12N2O/c1-4-9-10(7(2)3)8(11(12)14)5-6-13-9/h1,5-7H,2-3H3,(H2,12,14). The molecular weight excluding hydrogens is 176 g/mol. The molecule has 0 unspecified atom stereocenters. The third-order valence-electron chi connectivity index (χ3n) is 1.97. The van der Waals surface area contributed by atoms with Gasteiger partial charge in [-0.25, -0.2) is 4.98 Å². The van der Waals surface area contributed by atoms with Crippen molar-refractivity contribution in [2.75, 3.05) is 0 Å². The van der Waals surface area contributed by atoms with Gasteiger partial charge in [-0.15, -0.1) is 6.42 Å². The van der Waals surface area contributed by atoms with Crippen LogP contribution in [0.1, 0.15) is 41.4 Å². The highest BCUT2D eigenvalue weighted by atomic mass is 16.1. The van der Waals surface area contributed by atoms with Crippen molar-refractivity contribution >= 4 is 5.91 Å². The van der Waals surface area contributed by atoms with Crippen LogP contribution in [0.2, 0.25) is 0 Å². The third kappa shape index (κ3) is 1.74. The molecule has 0 fully saturated rings. The van der Waals surface area contributed by atoms with E-state index < -0.39 is 5.91 Å². The Morgan fingerprint density at radius 3 is 2.71 bits per heavy atom. The Bertz CT molecular complexity index is 402. The minimum atomic E-state index is -0.465. The largest absolute Gasteiger partial charge is 0.366 e. The van der Waals surface area contributed by atoms with Crippen molar-refractivity contribution in [2.24, 2.45) is 5.73 Å². The fourth-order valence-electron chi connectivity index (χ4n) is 1.39. The topological polar surface area (TPSA) is 56.0 Å². The predicted octanol–water partition coefficient (Wildman–Crippen LogP) is 1.29. The number of aromatic nitrogens is 1. The summed E-state index contributed by atoms with van der Waals surface area (Å²) in [4.78, 5) is 15.1. The van der Waals surface area contributed by atoms with Crippen LogP contribution in [-0.2, 0) is 0 Å². The zero-order valence-corrected chi connectivity index (χ0v) is 8.24. The number of carbonyl (C=O) groups is 1. The second-order valence-corrected chi connectivity index (χ2v) is 3.28. The zero-order valence-electron chi connectivity index (χ0n) is 8.24. The van der Waals surface area contributed by atoms with Crippen LogP contribution in [0, 0.1) is 12.3 Å². The molecule has 14 heavy (non-hydrogen) atoms. The van der Waals surface area contributed by atoms with Crippen molar-refractivity contribution in [1.29, 1.82) is 0 Å². The number of hydrogen-bond acceptors (Lipinski definition) is 2. The smallest absolute Gasteiger partial charge is 0.249 e. The second kappa shape index (κ2) is 3.93. The van der Waals surface area contributed by atoms with Gasteiger partial charge in [0.25, 0.3) is 0 Å². The number of terminal acetylenes is 1. The number of hydrogen-bond donors (Lipinski definition) is 1. The van der Waals surface area contributed by atoms with E-state index in [0.717, 1.165) is 5.56 Å². The number of pyridine rings is 1. The van der Waals surface area contributed by atoms with Crippen molar-refractivity contribution in [3.8, 4) is 12.3 Å². The molecule has 2 N–H and O–H groups in total. The van der Waals surface area contributed by atoms with Gasteiger partial charge in [-0.1, -0.05) is 13.8 Å². The Labute approximate surface area is 83.3 Å². The van der Waals surface area contributed by atoms with E-state index in [1.54, 1.807) is 6.07 Å². The minimum Gasteiger partial charge on any atom is -0.366 e. The zero-order chi connectivity index (χ0) is 10.7. The van der Waals surface area contributed by atoms with Crippen LogP contribution in [-0.4, -0.2) is 10.9 Å². The molecule has 0 spiro atoms. The van der Waals surface area contributed by atoms with Gasteiger partial charge in [0, 0.05) is 17.3 Å². The Kier molecular flexibility index (Phi) is 2.88. The second-order valence-electron chi connectivity index (χ2n) is 3.28. The summed E-state index contributed by atoms with van der Waals surface area (Å²) in [7, 11) is 0.